The lowest BCUT2D eigenvalue weighted by Gasteiger charge is -2.38. The Morgan fingerprint density at radius 2 is 1.71 bits per heavy atom. The van der Waals surface area contributed by atoms with Crippen LogP contribution in [0.4, 0.5) is 22.7 Å². The fourth-order valence-corrected chi connectivity index (χ4v) is 5.33. The number of carbonyl (C=O) groups is 2. The molecule has 12 heteroatoms. The number of nitro groups is 1. The third-order valence-electron chi connectivity index (χ3n) is 6.75. The number of anilines is 3. The van der Waals surface area contributed by atoms with Gasteiger partial charge in [-0.2, -0.15) is 0 Å². The van der Waals surface area contributed by atoms with Crippen LogP contribution in [0.25, 0.3) is 0 Å². The molecule has 2 aromatic carbocycles. The van der Waals surface area contributed by atoms with E-state index in [9.17, 15) is 19.7 Å². The summed E-state index contributed by atoms with van der Waals surface area (Å²) in [5, 5.41) is 17.7. The lowest BCUT2D eigenvalue weighted by atomic mass is 10.1. The highest BCUT2D eigenvalue weighted by molar-refractivity contribution is 7.80. The molecular weight excluding hydrogens is 528 g/mol. The van der Waals surface area contributed by atoms with Crippen molar-refractivity contribution < 1.29 is 14.5 Å². The van der Waals surface area contributed by atoms with E-state index in [4.69, 9.17) is 23.8 Å². The van der Waals surface area contributed by atoms with Crippen LogP contribution >= 0.6 is 23.8 Å². The van der Waals surface area contributed by atoms with E-state index >= 15 is 0 Å². The summed E-state index contributed by atoms with van der Waals surface area (Å²) in [6, 6.07) is 9.69. The lowest BCUT2D eigenvalue weighted by molar-refractivity contribution is -0.384. The molecule has 202 valence electrons. The largest absolute Gasteiger partial charge is 0.371 e. The summed E-state index contributed by atoms with van der Waals surface area (Å²) in [7, 11) is 0. The Bertz CT molecular complexity index is 1240. The van der Waals surface area contributed by atoms with Gasteiger partial charge >= 0.3 is 0 Å². The molecule has 0 atom stereocenters. The molecular formula is C26H31ClN6O4S. The Kier molecular flexibility index (Phi) is 8.68. The zero-order valence-electron chi connectivity index (χ0n) is 21.4. The molecule has 2 amide bonds. The van der Waals surface area contributed by atoms with Crippen LogP contribution in [0, 0.1) is 16.0 Å². The zero-order valence-corrected chi connectivity index (χ0v) is 23.0. The number of nitro benzene ring substituents is 1. The summed E-state index contributed by atoms with van der Waals surface area (Å²) in [6.45, 7) is 7.70. The molecule has 2 heterocycles. The maximum Gasteiger partial charge on any atom is 0.270 e. The fraction of sp³-hybridized carbons (Fsp3) is 0.423. The van der Waals surface area contributed by atoms with Gasteiger partial charge in [0.1, 0.15) is 0 Å². The number of hydrogen-bond acceptors (Lipinski definition) is 7. The first kappa shape index (κ1) is 27.6. The highest BCUT2D eigenvalue weighted by Gasteiger charge is 2.26. The van der Waals surface area contributed by atoms with Crippen molar-refractivity contribution >= 4 is 63.5 Å². The molecule has 0 radical (unpaired) electrons. The molecule has 0 saturated carbocycles. The molecule has 4 rings (SSSR count). The van der Waals surface area contributed by atoms with Crippen molar-refractivity contribution in [2.45, 2.75) is 26.7 Å². The van der Waals surface area contributed by atoms with E-state index in [2.05, 4.69) is 15.5 Å². The summed E-state index contributed by atoms with van der Waals surface area (Å²) in [5.74, 6) is -0.463. The van der Waals surface area contributed by atoms with E-state index in [1.54, 1.807) is 18.2 Å². The average Bonchev–Trinajstić information content (AvgIpc) is 3.43. The minimum Gasteiger partial charge on any atom is -0.371 e. The fourth-order valence-electron chi connectivity index (χ4n) is 4.83. The van der Waals surface area contributed by atoms with E-state index in [-0.39, 0.29) is 28.2 Å². The molecule has 10 nitrogen and oxygen atoms in total. The molecule has 0 unspecified atom stereocenters. The number of hydrogen-bond donors (Lipinski definition) is 2. The maximum atomic E-state index is 13.2. The van der Waals surface area contributed by atoms with Gasteiger partial charge in [0.15, 0.2) is 5.11 Å². The first-order valence-electron chi connectivity index (χ1n) is 12.6. The van der Waals surface area contributed by atoms with Gasteiger partial charge in [-0.15, -0.1) is 0 Å². The number of benzene rings is 2. The second-order valence-corrected chi connectivity index (χ2v) is 10.5. The van der Waals surface area contributed by atoms with Crippen molar-refractivity contribution in [1.29, 1.82) is 0 Å². The summed E-state index contributed by atoms with van der Waals surface area (Å²) in [6.07, 6.45) is 1.99. The summed E-state index contributed by atoms with van der Waals surface area (Å²) in [5.41, 5.74) is 2.03. The number of piperazine rings is 1. The summed E-state index contributed by atoms with van der Waals surface area (Å²) >= 11 is 12.0. The number of para-hydroxylation sites is 1. The third kappa shape index (κ3) is 6.16. The monoisotopic (exact) mass is 558 g/mol. The van der Waals surface area contributed by atoms with Gasteiger partial charge in [-0.25, -0.2) is 0 Å². The smallest absolute Gasteiger partial charge is 0.270 e. The van der Waals surface area contributed by atoms with Crippen molar-refractivity contribution in [2.75, 3.05) is 54.4 Å². The molecule has 0 bridgehead atoms. The van der Waals surface area contributed by atoms with Gasteiger partial charge in [-0.3, -0.25) is 25.0 Å². The van der Waals surface area contributed by atoms with Crippen LogP contribution in [0.5, 0.6) is 0 Å². The normalized spacial score (nSPS) is 15.5. The zero-order chi connectivity index (χ0) is 27.4. The Hall–Kier alpha value is -3.44. The Balaban J connectivity index is 1.49. The Morgan fingerprint density at radius 3 is 2.34 bits per heavy atom. The van der Waals surface area contributed by atoms with Gasteiger partial charge in [0.05, 0.1) is 32.6 Å². The van der Waals surface area contributed by atoms with Crippen LogP contribution in [-0.4, -0.2) is 66.0 Å². The number of nitrogens with one attached hydrogen (secondary N) is 2. The topological polar surface area (TPSA) is 111 Å². The Labute approximate surface area is 232 Å². The number of rotatable bonds is 6. The molecule has 2 aliphatic rings. The van der Waals surface area contributed by atoms with E-state index in [1.165, 1.54) is 12.1 Å². The molecule has 2 fully saturated rings. The molecule has 0 aliphatic carbocycles. The predicted molar refractivity (Wildman–Crippen MR) is 153 cm³/mol. The van der Waals surface area contributed by atoms with E-state index in [1.807, 2.05) is 29.7 Å². The number of halogens is 1. The number of thiocarbonyl (C=S) groups is 1. The Morgan fingerprint density at radius 1 is 1.03 bits per heavy atom. The van der Waals surface area contributed by atoms with Crippen LogP contribution in [0.2, 0.25) is 5.02 Å². The SMILES string of the molecule is CC(C)C(=O)N1CCN(c2c(Cl)cccc2NC(=S)NC(=O)c2cc([N+](=O)[O-])ccc2N2CCCC2)CC1. The van der Waals surface area contributed by atoms with Crippen molar-refractivity contribution in [3.63, 3.8) is 0 Å². The van der Waals surface area contributed by atoms with Crippen molar-refractivity contribution in [1.82, 2.24) is 10.2 Å². The number of carbonyl (C=O) groups excluding carboxylic acids is 2. The molecule has 0 aromatic heterocycles. The van der Waals surface area contributed by atoms with Crippen LogP contribution in [0.1, 0.15) is 37.0 Å². The molecule has 38 heavy (non-hydrogen) atoms. The standard InChI is InChI=1S/C26H31ClN6O4S/c1-17(2)25(35)32-14-12-31(13-15-32)23-20(27)6-5-7-21(23)28-26(38)29-24(34)19-16-18(33(36)37)8-9-22(19)30-10-3-4-11-30/h5-9,16-17H,3-4,10-15H2,1-2H3,(H2,28,29,34,38). The minimum absolute atomic E-state index is 0.0472. The minimum atomic E-state index is -0.530. The van der Waals surface area contributed by atoms with E-state index in [0.717, 1.165) is 31.6 Å². The van der Waals surface area contributed by atoms with Crippen LogP contribution in [-0.2, 0) is 4.79 Å². The van der Waals surface area contributed by atoms with Crippen molar-refractivity contribution in [3.8, 4) is 0 Å². The van der Waals surface area contributed by atoms with E-state index in [0.29, 0.717) is 42.6 Å². The van der Waals surface area contributed by atoms with Gasteiger partial charge in [-0.05, 0) is 43.3 Å². The predicted octanol–water partition coefficient (Wildman–Crippen LogP) is 4.28. The molecule has 2 saturated heterocycles. The van der Waals surface area contributed by atoms with Crippen LogP contribution in [0.15, 0.2) is 36.4 Å². The van der Waals surface area contributed by atoms with Gasteiger partial charge in [0, 0.05) is 57.3 Å². The first-order chi connectivity index (χ1) is 18.2. The van der Waals surface area contributed by atoms with Gasteiger partial charge < -0.3 is 20.0 Å². The maximum absolute atomic E-state index is 13.2. The van der Waals surface area contributed by atoms with Gasteiger partial charge in [-0.1, -0.05) is 31.5 Å². The van der Waals surface area contributed by atoms with Crippen molar-refractivity contribution in [3.05, 3.63) is 57.1 Å². The molecule has 2 aliphatic heterocycles. The number of non-ortho nitro benzene ring substituents is 1. The second-order valence-electron chi connectivity index (χ2n) is 9.66. The van der Waals surface area contributed by atoms with E-state index < -0.39 is 10.8 Å². The average molecular weight is 559 g/mol. The number of amides is 2. The first-order valence-corrected chi connectivity index (χ1v) is 13.4. The molecule has 2 aromatic rings. The van der Waals surface area contributed by atoms with Gasteiger partial charge in [0.2, 0.25) is 5.91 Å². The third-order valence-corrected chi connectivity index (χ3v) is 7.25. The van der Waals surface area contributed by atoms with Crippen LogP contribution in [0.3, 0.4) is 0 Å². The highest BCUT2D eigenvalue weighted by Crippen LogP contribution is 2.35. The second kappa shape index (κ2) is 12.0. The van der Waals surface area contributed by atoms with Gasteiger partial charge in [0.25, 0.3) is 11.6 Å². The van der Waals surface area contributed by atoms with Crippen LogP contribution < -0.4 is 20.4 Å². The number of nitrogens with zero attached hydrogens (tertiary/aromatic N) is 4. The van der Waals surface area contributed by atoms with Crippen molar-refractivity contribution in [2.24, 2.45) is 5.92 Å². The quantitative estimate of drug-likeness (QED) is 0.307. The summed E-state index contributed by atoms with van der Waals surface area (Å²) in [4.78, 5) is 42.5. The molecule has 0 spiro atoms. The lowest BCUT2D eigenvalue weighted by Crippen LogP contribution is -2.50. The highest BCUT2D eigenvalue weighted by atomic mass is 35.5. The molecule has 2 N–H and O–H groups in total. The summed E-state index contributed by atoms with van der Waals surface area (Å²) < 4.78 is 0.